The van der Waals surface area contributed by atoms with Crippen molar-refractivity contribution in [2.75, 3.05) is 13.1 Å². The lowest BCUT2D eigenvalue weighted by atomic mass is 9.78. The molecule has 2 aliphatic heterocycles. The average molecular weight is 241 g/mol. The molecule has 2 aliphatic rings. The van der Waals surface area contributed by atoms with Crippen LogP contribution in [0.1, 0.15) is 26.7 Å². The Morgan fingerprint density at radius 2 is 1.71 bits per heavy atom. The fraction of sp³-hybridized carbons (Fsp3) is 0.833. The molecule has 0 aromatic heterocycles. The zero-order valence-corrected chi connectivity index (χ0v) is 10.3. The summed E-state index contributed by atoms with van der Waals surface area (Å²) in [5.41, 5.74) is 0. The molecule has 0 spiro atoms. The van der Waals surface area contributed by atoms with E-state index in [1.807, 2.05) is 13.8 Å². The van der Waals surface area contributed by atoms with Crippen LogP contribution in [-0.4, -0.2) is 47.2 Å². The highest BCUT2D eigenvalue weighted by atomic mass is 16.5. The lowest BCUT2D eigenvalue weighted by Crippen LogP contribution is -2.45. The highest BCUT2D eigenvalue weighted by Crippen LogP contribution is 2.44. The van der Waals surface area contributed by atoms with Gasteiger partial charge < -0.3 is 14.7 Å². The Morgan fingerprint density at radius 3 is 2.18 bits per heavy atom. The van der Waals surface area contributed by atoms with Crippen LogP contribution in [-0.2, 0) is 14.3 Å². The van der Waals surface area contributed by atoms with E-state index in [0.717, 1.165) is 12.8 Å². The number of rotatable bonds is 4. The van der Waals surface area contributed by atoms with Crippen molar-refractivity contribution in [2.24, 2.45) is 11.8 Å². The minimum atomic E-state index is -0.900. The largest absolute Gasteiger partial charge is 0.481 e. The molecule has 96 valence electrons. The second-order valence-electron chi connectivity index (χ2n) is 4.69. The van der Waals surface area contributed by atoms with Gasteiger partial charge in [-0.15, -0.1) is 0 Å². The summed E-state index contributed by atoms with van der Waals surface area (Å²) in [4.78, 5) is 25.2. The third kappa shape index (κ3) is 1.92. The van der Waals surface area contributed by atoms with Gasteiger partial charge in [0.2, 0.25) is 5.91 Å². The van der Waals surface area contributed by atoms with E-state index >= 15 is 0 Å². The molecule has 0 aliphatic carbocycles. The Balaban J connectivity index is 2.18. The van der Waals surface area contributed by atoms with Gasteiger partial charge in [-0.05, 0) is 26.7 Å². The molecule has 0 unspecified atom stereocenters. The number of carbonyl (C=O) groups excluding carboxylic acids is 1. The molecular formula is C12H19NO4. The number of carboxylic acid groups (broad SMARTS) is 1. The summed E-state index contributed by atoms with van der Waals surface area (Å²) in [6.45, 7) is 5.06. The third-order valence-corrected chi connectivity index (χ3v) is 3.92. The van der Waals surface area contributed by atoms with E-state index in [1.54, 1.807) is 4.90 Å². The molecule has 1 N–H and O–H groups in total. The minimum absolute atomic E-state index is 0.0606. The zero-order valence-electron chi connectivity index (χ0n) is 10.3. The fourth-order valence-corrected chi connectivity index (χ4v) is 3.05. The van der Waals surface area contributed by atoms with Crippen molar-refractivity contribution < 1.29 is 19.4 Å². The van der Waals surface area contributed by atoms with E-state index in [1.165, 1.54) is 0 Å². The van der Waals surface area contributed by atoms with Crippen molar-refractivity contribution in [3.63, 3.8) is 0 Å². The van der Waals surface area contributed by atoms with Crippen molar-refractivity contribution in [1.29, 1.82) is 0 Å². The number of aliphatic carboxylic acids is 1. The number of carbonyl (C=O) groups is 2. The standard InChI is InChI=1S/C12H19NO4/c1-3-13(4-2)11(14)9-7-5-6-8(17-7)10(9)12(15)16/h7-10H,3-6H2,1-2H3,(H,15,16)/t7-,8-,9+,10-/m0/s1. The molecule has 2 saturated heterocycles. The molecule has 5 nitrogen and oxygen atoms in total. The van der Waals surface area contributed by atoms with Gasteiger partial charge in [0, 0.05) is 13.1 Å². The SMILES string of the molecule is CCN(CC)C(=O)[C@H]1[C@@H](C(=O)O)[C@@H]2CC[C@@H]1O2. The summed E-state index contributed by atoms with van der Waals surface area (Å²) in [5, 5.41) is 9.23. The summed E-state index contributed by atoms with van der Waals surface area (Å²) in [6, 6.07) is 0. The predicted octanol–water partition coefficient (Wildman–Crippen LogP) is 0.733. The highest BCUT2D eigenvalue weighted by Gasteiger charge is 2.56. The molecule has 2 fully saturated rings. The van der Waals surface area contributed by atoms with Crippen LogP contribution in [0.5, 0.6) is 0 Å². The van der Waals surface area contributed by atoms with Crippen molar-refractivity contribution in [2.45, 2.75) is 38.9 Å². The summed E-state index contributed by atoms with van der Waals surface area (Å²) in [7, 11) is 0. The number of nitrogens with zero attached hydrogens (tertiary/aromatic N) is 1. The van der Waals surface area contributed by atoms with E-state index in [9.17, 15) is 14.7 Å². The molecular weight excluding hydrogens is 222 g/mol. The van der Waals surface area contributed by atoms with E-state index in [-0.39, 0.29) is 18.1 Å². The Morgan fingerprint density at radius 1 is 1.18 bits per heavy atom. The smallest absolute Gasteiger partial charge is 0.310 e. The maximum absolute atomic E-state index is 12.3. The van der Waals surface area contributed by atoms with Crippen LogP contribution in [0.25, 0.3) is 0 Å². The van der Waals surface area contributed by atoms with Crippen LogP contribution in [0.2, 0.25) is 0 Å². The summed E-state index contributed by atoms with van der Waals surface area (Å²) in [6.07, 6.45) is 1.13. The van der Waals surface area contributed by atoms with Crippen molar-refractivity contribution in [3.8, 4) is 0 Å². The normalized spacial score (nSPS) is 34.9. The molecule has 1 amide bonds. The Kier molecular flexibility index (Phi) is 3.38. The maximum atomic E-state index is 12.3. The minimum Gasteiger partial charge on any atom is -0.481 e. The van der Waals surface area contributed by atoms with Crippen LogP contribution in [0.15, 0.2) is 0 Å². The van der Waals surface area contributed by atoms with Gasteiger partial charge in [0.15, 0.2) is 0 Å². The molecule has 0 saturated carbocycles. The third-order valence-electron chi connectivity index (χ3n) is 3.92. The summed E-state index contributed by atoms with van der Waals surface area (Å²) >= 11 is 0. The first-order valence-corrected chi connectivity index (χ1v) is 6.27. The molecule has 2 rings (SSSR count). The number of carboxylic acids is 1. The molecule has 2 heterocycles. The fourth-order valence-electron chi connectivity index (χ4n) is 3.05. The van der Waals surface area contributed by atoms with Crippen LogP contribution in [0, 0.1) is 11.8 Å². The second-order valence-corrected chi connectivity index (χ2v) is 4.69. The van der Waals surface area contributed by atoms with E-state index < -0.39 is 17.8 Å². The molecule has 0 aromatic carbocycles. The van der Waals surface area contributed by atoms with Gasteiger partial charge in [-0.2, -0.15) is 0 Å². The van der Waals surface area contributed by atoms with Crippen molar-refractivity contribution >= 4 is 11.9 Å². The molecule has 5 heteroatoms. The first kappa shape index (κ1) is 12.4. The number of hydrogen-bond donors (Lipinski definition) is 1. The van der Waals surface area contributed by atoms with Crippen LogP contribution in [0.3, 0.4) is 0 Å². The summed E-state index contributed by atoms with van der Waals surface area (Å²) < 4.78 is 5.59. The summed E-state index contributed by atoms with van der Waals surface area (Å²) in [5.74, 6) is -2.09. The van der Waals surface area contributed by atoms with Crippen molar-refractivity contribution in [3.05, 3.63) is 0 Å². The molecule has 17 heavy (non-hydrogen) atoms. The quantitative estimate of drug-likeness (QED) is 0.788. The van der Waals surface area contributed by atoms with Gasteiger partial charge in [0.05, 0.1) is 24.0 Å². The van der Waals surface area contributed by atoms with Crippen LogP contribution < -0.4 is 0 Å². The second kappa shape index (κ2) is 4.64. The van der Waals surface area contributed by atoms with Gasteiger partial charge in [0.25, 0.3) is 0 Å². The van der Waals surface area contributed by atoms with Gasteiger partial charge in [-0.1, -0.05) is 0 Å². The Hall–Kier alpha value is -1.10. The molecule has 2 bridgehead atoms. The topological polar surface area (TPSA) is 66.8 Å². The lowest BCUT2D eigenvalue weighted by Gasteiger charge is -2.29. The van der Waals surface area contributed by atoms with Gasteiger partial charge in [0.1, 0.15) is 0 Å². The number of ether oxygens (including phenoxy) is 1. The maximum Gasteiger partial charge on any atom is 0.310 e. The first-order chi connectivity index (χ1) is 8.10. The lowest BCUT2D eigenvalue weighted by molar-refractivity contribution is -0.150. The van der Waals surface area contributed by atoms with Crippen LogP contribution in [0.4, 0.5) is 0 Å². The monoisotopic (exact) mass is 241 g/mol. The number of hydrogen-bond acceptors (Lipinski definition) is 3. The molecule has 0 aromatic rings. The van der Waals surface area contributed by atoms with Gasteiger partial charge >= 0.3 is 5.97 Å². The van der Waals surface area contributed by atoms with E-state index in [0.29, 0.717) is 13.1 Å². The molecule has 0 radical (unpaired) electrons. The van der Waals surface area contributed by atoms with Gasteiger partial charge in [-0.25, -0.2) is 0 Å². The number of amides is 1. The van der Waals surface area contributed by atoms with Gasteiger partial charge in [-0.3, -0.25) is 9.59 Å². The Labute approximate surface area is 101 Å². The van der Waals surface area contributed by atoms with E-state index in [2.05, 4.69) is 0 Å². The Bertz CT molecular complexity index is 326. The zero-order chi connectivity index (χ0) is 12.6. The molecule has 4 atom stereocenters. The van der Waals surface area contributed by atoms with Crippen molar-refractivity contribution in [1.82, 2.24) is 4.90 Å². The average Bonchev–Trinajstić information content (AvgIpc) is 2.89. The van der Waals surface area contributed by atoms with E-state index in [4.69, 9.17) is 4.74 Å². The van der Waals surface area contributed by atoms with Crippen LogP contribution >= 0.6 is 0 Å². The number of fused-ring (bicyclic) bond motifs is 2. The predicted molar refractivity (Wildman–Crippen MR) is 60.4 cm³/mol. The first-order valence-electron chi connectivity index (χ1n) is 6.27. The highest BCUT2D eigenvalue weighted by molar-refractivity contribution is 5.86.